The zero-order valence-electron chi connectivity index (χ0n) is 6.53. The van der Waals surface area contributed by atoms with Crippen LogP contribution in [0.3, 0.4) is 0 Å². The Bertz CT molecular complexity index is 212. The Hall–Kier alpha value is 0.300. The fraction of sp³-hybridized carbons (Fsp3) is 1.00. The van der Waals surface area contributed by atoms with Gasteiger partial charge in [-0.1, -0.05) is 0 Å². The summed E-state index contributed by atoms with van der Waals surface area (Å²) in [5.74, 6) is 0. The van der Waals surface area contributed by atoms with Crippen LogP contribution >= 0.6 is 6.83 Å². The monoisotopic (exact) mass is 188 g/mol. The zero-order valence-corrected chi connectivity index (χ0v) is 8.24. The summed E-state index contributed by atoms with van der Waals surface area (Å²) in [6.07, 6.45) is 0. The molecule has 0 fully saturated rings. The average molecular weight is 188 g/mol. The molecule has 0 bridgehead atoms. The molecule has 0 aromatic rings. The topological polar surface area (TPSA) is 63.6 Å². The summed E-state index contributed by atoms with van der Waals surface area (Å²) in [6.45, 7) is 4.14. The van der Waals surface area contributed by atoms with Crippen LogP contribution in [0.5, 0.6) is 0 Å². The van der Waals surface area contributed by atoms with Crippen molar-refractivity contribution in [2.45, 2.75) is 0 Å². The van der Waals surface area contributed by atoms with Crippen molar-refractivity contribution >= 4 is 17.2 Å². The maximum atomic E-state index is 10.2. The van der Waals surface area contributed by atoms with Gasteiger partial charge in [0.15, 0.2) is 0 Å². The molecule has 6 heteroatoms. The molecule has 0 aliphatic rings. The second kappa shape index (κ2) is 2.14. The van der Waals surface area contributed by atoms with Crippen molar-refractivity contribution in [3.63, 3.8) is 0 Å². The van der Waals surface area contributed by atoms with Gasteiger partial charge in [-0.15, -0.1) is 0 Å². The van der Waals surface area contributed by atoms with Gasteiger partial charge in [0.25, 0.3) is 0 Å². The molecule has 4 nitrogen and oxygen atoms in total. The van der Waals surface area contributed by atoms with E-state index in [-0.39, 0.29) is 0 Å². The number of rotatable bonds is 2. The van der Waals surface area contributed by atoms with E-state index in [0.29, 0.717) is 0 Å². The summed E-state index contributed by atoms with van der Waals surface area (Å²) in [6, 6.07) is 0. The van der Waals surface area contributed by atoms with Crippen molar-refractivity contribution in [1.29, 1.82) is 0 Å². The first-order chi connectivity index (χ1) is 3.96. The van der Waals surface area contributed by atoms with Gasteiger partial charge in [-0.05, 0) is 0 Å². The van der Waals surface area contributed by atoms with Crippen LogP contribution in [0.4, 0.5) is 0 Å². The van der Waals surface area contributed by atoms with Crippen LogP contribution in [0.15, 0.2) is 0 Å². The molecule has 0 radical (unpaired) electrons. The first-order valence-corrected chi connectivity index (χ1v) is 7.96. The molecule has 0 saturated carbocycles. The van der Waals surface area contributed by atoms with Crippen LogP contribution < -0.4 is 0 Å². The molecule has 1 N–H and O–H groups in total. The Morgan fingerprint density at radius 3 is 1.50 bits per heavy atom. The van der Waals surface area contributed by atoms with E-state index in [1.165, 1.54) is 0 Å². The SMILES string of the molecule is CP(C)(C)(C)OS(=O)(=O)O. The van der Waals surface area contributed by atoms with Crippen molar-refractivity contribution in [3.8, 4) is 0 Å². The summed E-state index contributed by atoms with van der Waals surface area (Å²) < 4.78 is 33.2. The fourth-order valence-corrected chi connectivity index (χ4v) is 3.39. The molecule has 0 rings (SSSR count). The minimum absolute atomic E-state index is 1.68. The predicted molar refractivity (Wildman–Crippen MR) is 43.2 cm³/mol. The van der Waals surface area contributed by atoms with Gasteiger partial charge in [0, 0.05) is 0 Å². The van der Waals surface area contributed by atoms with E-state index in [9.17, 15) is 8.42 Å². The first-order valence-electron chi connectivity index (χ1n) is 2.65. The average Bonchev–Trinajstić information content (AvgIpc) is 1.09. The van der Waals surface area contributed by atoms with E-state index in [1.54, 1.807) is 26.7 Å². The van der Waals surface area contributed by atoms with Crippen LogP contribution in [0.25, 0.3) is 0 Å². The molecular formula is C4H13O4PS. The molecule has 0 amide bonds. The van der Waals surface area contributed by atoms with Crippen LogP contribution in [-0.4, -0.2) is 39.6 Å². The van der Waals surface area contributed by atoms with E-state index in [1.807, 2.05) is 0 Å². The molecule has 0 aliphatic heterocycles. The van der Waals surface area contributed by atoms with E-state index in [0.717, 1.165) is 0 Å². The van der Waals surface area contributed by atoms with Crippen LogP contribution in [-0.2, 0) is 14.4 Å². The molecule has 0 aromatic carbocycles. The zero-order chi connectivity index (χ0) is 8.65. The van der Waals surface area contributed by atoms with Crippen LogP contribution in [0.1, 0.15) is 0 Å². The van der Waals surface area contributed by atoms with Gasteiger partial charge in [-0.2, -0.15) is 0 Å². The number of hydrogen-bond donors (Lipinski definition) is 1. The summed E-state index contributed by atoms with van der Waals surface area (Å²) in [7, 11) is -4.28. The van der Waals surface area contributed by atoms with Crippen molar-refractivity contribution in [3.05, 3.63) is 0 Å². The van der Waals surface area contributed by atoms with Crippen molar-refractivity contribution in [2.24, 2.45) is 0 Å². The third-order valence-corrected chi connectivity index (χ3v) is 3.53. The number of hydrogen-bond acceptors (Lipinski definition) is 3. The minimum atomic E-state index is -4.28. The molecule has 0 aromatic heterocycles. The molecule has 64 valence electrons. The second-order valence-corrected chi connectivity index (χ2v) is 12.2. The van der Waals surface area contributed by atoms with E-state index in [2.05, 4.69) is 3.97 Å². The molecule has 0 atom stereocenters. The van der Waals surface area contributed by atoms with Gasteiger partial charge in [-0.3, -0.25) is 0 Å². The molecule has 0 spiro atoms. The van der Waals surface area contributed by atoms with Gasteiger partial charge < -0.3 is 0 Å². The van der Waals surface area contributed by atoms with Crippen molar-refractivity contribution in [1.82, 2.24) is 0 Å². The van der Waals surface area contributed by atoms with E-state index >= 15 is 0 Å². The third-order valence-electron chi connectivity index (χ3n) is 0.392. The van der Waals surface area contributed by atoms with E-state index < -0.39 is 17.2 Å². The Morgan fingerprint density at radius 1 is 1.20 bits per heavy atom. The van der Waals surface area contributed by atoms with Crippen LogP contribution in [0.2, 0.25) is 0 Å². The van der Waals surface area contributed by atoms with Crippen molar-refractivity contribution in [2.75, 3.05) is 26.7 Å². The van der Waals surface area contributed by atoms with Gasteiger partial charge >= 0.3 is 60.8 Å². The quantitative estimate of drug-likeness (QED) is 0.514. The molecule has 0 aliphatic carbocycles. The normalized spacial score (nSPS) is 17.9. The molecule has 0 saturated heterocycles. The molecule has 0 heterocycles. The molecule has 0 unspecified atom stereocenters. The molecule has 10 heavy (non-hydrogen) atoms. The predicted octanol–water partition coefficient (Wildman–Crippen LogP) is 0.793. The maximum absolute atomic E-state index is 10.2. The summed E-state index contributed by atoms with van der Waals surface area (Å²) >= 11 is 0. The van der Waals surface area contributed by atoms with Gasteiger partial charge in [0.1, 0.15) is 0 Å². The first kappa shape index (κ1) is 10.3. The van der Waals surface area contributed by atoms with Crippen LogP contribution in [0, 0.1) is 0 Å². The third kappa shape index (κ3) is 8.30. The Morgan fingerprint density at radius 2 is 1.50 bits per heavy atom. The Balaban J connectivity index is 4.49. The Kier molecular flexibility index (Phi) is 2.20. The summed E-state index contributed by atoms with van der Waals surface area (Å²) in [5, 5.41) is 0. The van der Waals surface area contributed by atoms with Gasteiger partial charge in [0.2, 0.25) is 0 Å². The standard InChI is InChI=1S/C4H13O4PS/c1-9(2,3,4)8-10(5,6)7/h1-4H3,(H,5,6,7). The molecular weight excluding hydrogens is 175 g/mol. The Labute approximate surface area is 61.5 Å². The van der Waals surface area contributed by atoms with Crippen molar-refractivity contribution < 1.29 is 16.9 Å². The van der Waals surface area contributed by atoms with Gasteiger partial charge in [0.05, 0.1) is 0 Å². The fourth-order valence-electron chi connectivity index (χ4n) is 0.377. The summed E-state index contributed by atoms with van der Waals surface area (Å²) in [5.41, 5.74) is 0. The van der Waals surface area contributed by atoms with E-state index in [4.69, 9.17) is 4.55 Å². The second-order valence-electron chi connectivity index (χ2n) is 3.92. The van der Waals surface area contributed by atoms with Gasteiger partial charge in [-0.25, -0.2) is 0 Å². The summed E-state index contributed by atoms with van der Waals surface area (Å²) in [4.78, 5) is 0.